The molecule has 19 heavy (non-hydrogen) atoms. The number of amides is 1. The van der Waals surface area contributed by atoms with Crippen molar-refractivity contribution < 1.29 is 9.59 Å². The summed E-state index contributed by atoms with van der Waals surface area (Å²) in [4.78, 5) is 22.7. The van der Waals surface area contributed by atoms with Crippen LogP contribution in [0.3, 0.4) is 0 Å². The van der Waals surface area contributed by atoms with Crippen molar-refractivity contribution in [2.24, 2.45) is 0 Å². The Morgan fingerprint density at radius 3 is 2.89 bits per heavy atom. The highest BCUT2D eigenvalue weighted by Crippen LogP contribution is 2.13. The molecule has 0 aliphatic rings. The normalized spacial score (nSPS) is 10.2. The van der Waals surface area contributed by atoms with Crippen LogP contribution in [0.25, 0.3) is 5.69 Å². The minimum absolute atomic E-state index is 0.168. The lowest BCUT2D eigenvalue weighted by Gasteiger charge is -2.06. The number of aromatic amines is 1. The topological polar surface area (TPSA) is 92.7 Å². The van der Waals surface area contributed by atoms with Crippen molar-refractivity contribution in [3.63, 3.8) is 0 Å². The minimum atomic E-state index is -0.633. The molecule has 1 amide bonds. The number of anilines is 1. The second-order valence-corrected chi connectivity index (χ2v) is 4.06. The van der Waals surface area contributed by atoms with Crippen molar-refractivity contribution >= 4 is 29.6 Å². The van der Waals surface area contributed by atoms with Gasteiger partial charge in [0.25, 0.3) is 5.91 Å². The molecule has 1 heterocycles. The third-order valence-electron chi connectivity index (χ3n) is 2.41. The van der Waals surface area contributed by atoms with E-state index in [2.05, 4.69) is 20.8 Å². The Morgan fingerprint density at radius 2 is 2.26 bits per heavy atom. The molecule has 0 saturated carbocycles. The van der Waals surface area contributed by atoms with Gasteiger partial charge in [0.05, 0.1) is 5.69 Å². The first-order chi connectivity index (χ1) is 9.11. The first-order valence-corrected chi connectivity index (χ1v) is 5.97. The summed E-state index contributed by atoms with van der Waals surface area (Å²) < 4.78 is 1.75. The molecule has 8 heteroatoms. The number of nitrogens with zero attached hydrogens (tertiary/aromatic N) is 3. The molecule has 2 N–H and O–H groups in total. The first-order valence-electron chi connectivity index (χ1n) is 5.56. The summed E-state index contributed by atoms with van der Waals surface area (Å²) in [6, 6.07) is 6.84. The molecule has 0 atom stereocenters. The van der Waals surface area contributed by atoms with Crippen molar-refractivity contribution in [3.05, 3.63) is 29.0 Å². The number of nitrogens with one attached hydrogen (secondary N) is 2. The third-order valence-corrected chi connectivity index (χ3v) is 2.67. The highest BCUT2D eigenvalue weighted by Gasteiger charge is 2.11. The number of tetrazole rings is 1. The van der Waals surface area contributed by atoms with Crippen LogP contribution >= 0.6 is 12.2 Å². The summed E-state index contributed by atoms with van der Waals surface area (Å²) in [5.41, 5.74) is 1.16. The number of aromatic nitrogens is 4. The summed E-state index contributed by atoms with van der Waals surface area (Å²) in [5.74, 6) is -1.10. The number of ketones is 1. The zero-order valence-electron chi connectivity index (χ0n) is 10.1. The number of Topliss-reactive ketones (excluding diaryl/α,β-unsaturated/α-hetero) is 1. The number of H-pyrrole nitrogens is 1. The zero-order chi connectivity index (χ0) is 13.8. The van der Waals surface area contributed by atoms with E-state index in [1.807, 2.05) is 0 Å². The second-order valence-electron chi connectivity index (χ2n) is 3.70. The van der Waals surface area contributed by atoms with Crippen LogP contribution < -0.4 is 5.32 Å². The van der Waals surface area contributed by atoms with E-state index >= 15 is 0 Å². The van der Waals surface area contributed by atoms with Crippen molar-refractivity contribution in [1.29, 1.82) is 0 Å². The smallest absolute Gasteiger partial charge is 0.291 e. The monoisotopic (exact) mass is 277 g/mol. The molecule has 2 rings (SSSR count). The highest BCUT2D eigenvalue weighted by atomic mass is 32.1. The number of hydrogen-bond donors (Lipinski definition) is 2. The predicted molar refractivity (Wildman–Crippen MR) is 70.5 cm³/mol. The Labute approximate surface area is 113 Å². The largest absolute Gasteiger partial charge is 0.319 e. The minimum Gasteiger partial charge on any atom is -0.319 e. The third kappa shape index (κ3) is 2.91. The maximum absolute atomic E-state index is 11.5. The molecule has 0 fully saturated rings. The fourth-order valence-electron chi connectivity index (χ4n) is 1.45. The van der Waals surface area contributed by atoms with Crippen molar-refractivity contribution in [3.8, 4) is 5.69 Å². The molecule has 0 aliphatic carbocycles. The fraction of sp³-hybridized carbons (Fsp3) is 0.182. The SMILES string of the molecule is CCC(=O)C(=O)Nc1cccc(-n2[nH]nnc2=S)c1. The van der Waals surface area contributed by atoms with Crippen LogP contribution in [-0.4, -0.2) is 31.9 Å². The quantitative estimate of drug-likeness (QED) is 0.648. The van der Waals surface area contributed by atoms with E-state index in [-0.39, 0.29) is 11.2 Å². The number of rotatable bonds is 4. The van der Waals surface area contributed by atoms with Gasteiger partial charge in [0.1, 0.15) is 0 Å². The highest BCUT2D eigenvalue weighted by molar-refractivity contribution is 7.71. The fourth-order valence-corrected chi connectivity index (χ4v) is 1.64. The van der Waals surface area contributed by atoms with Gasteiger partial charge in [0.2, 0.25) is 10.6 Å². The molecule has 0 unspecified atom stereocenters. The second kappa shape index (κ2) is 5.53. The molecule has 1 aromatic carbocycles. The van der Waals surface area contributed by atoms with Crippen LogP contribution in [0.5, 0.6) is 0 Å². The van der Waals surface area contributed by atoms with E-state index in [1.54, 1.807) is 31.2 Å². The van der Waals surface area contributed by atoms with E-state index < -0.39 is 11.7 Å². The molecular formula is C11H11N5O2S. The molecule has 0 saturated heterocycles. The van der Waals surface area contributed by atoms with Crippen LogP contribution in [0.15, 0.2) is 24.3 Å². The van der Waals surface area contributed by atoms with Crippen LogP contribution in [0.1, 0.15) is 13.3 Å². The maximum atomic E-state index is 11.5. The van der Waals surface area contributed by atoms with Crippen molar-refractivity contribution in [1.82, 2.24) is 20.2 Å². The van der Waals surface area contributed by atoms with Gasteiger partial charge in [-0.15, -0.1) is 0 Å². The number of hydrogen-bond acceptors (Lipinski definition) is 5. The Bertz CT molecular complexity index is 675. The van der Waals surface area contributed by atoms with Gasteiger partial charge in [-0.3, -0.25) is 9.59 Å². The lowest BCUT2D eigenvalue weighted by molar-refractivity contribution is -0.134. The van der Waals surface area contributed by atoms with Crippen LogP contribution in [0, 0.1) is 4.77 Å². The Balaban J connectivity index is 2.26. The van der Waals surface area contributed by atoms with Gasteiger partial charge in [0.15, 0.2) is 0 Å². The van der Waals surface area contributed by atoms with E-state index in [1.165, 1.54) is 4.68 Å². The summed E-state index contributed by atoms with van der Waals surface area (Å²) in [5, 5.41) is 12.4. The number of benzene rings is 1. The van der Waals surface area contributed by atoms with E-state index in [0.717, 1.165) is 0 Å². The van der Waals surface area contributed by atoms with E-state index in [4.69, 9.17) is 12.2 Å². The molecule has 1 aromatic heterocycles. The molecule has 98 valence electrons. The molecule has 0 aliphatic heterocycles. The van der Waals surface area contributed by atoms with Crippen LogP contribution in [-0.2, 0) is 9.59 Å². The Morgan fingerprint density at radius 1 is 1.47 bits per heavy atom. The van der Waals surface area contributed by atoms with Crippen molar-refractivity contribution in [2.75, 3.05) is 5.32 Å². The van der Waals surface area contributed by atoms with Crippen LogP contribution in [0.4, 0.5) is 5.69 Å². The average Bonchev–Trinajstić information content (AvgIpc) is 2.84. The van der Waals surface area contributed by atoms with Gasteiger partial charge in [-0.2, -0.15) is 5.21 Å². The van der Waals surface area contributed by atoms with Crippen LogP contribution in [0.2, 0.25) is 0 Å². The van der Waals surface area contributed by atoms with Gasteiger partial charge in [-0.25, -0.2) is 4.68 Å². The summed E-state index contributed by atoms with van der Waals surface area (Å²) in [6.07, 6.45) is 0.168. The van der Waals surface area contributed by atoms with Gasteiger partial charge >= 0.3 is 0 Å². The predicted octanol–water partition coefficient (Wildman–Crippen LogP) is 1.24. The van der Waals surface area contributed by atoms with Gasteiger partial charge in [-0.05, 0) is 30.4 Å². The zero-order valence-corrected chi connectivity index (χ0v) is 10.9. The Kier molecular flexibility index (Phi) is 3.81. The maximum Gasteiger partial charge on any atom is 0.291 e. The average molecular weight is 277 g/mol. The molecule has 7 nitrogen and oxygen atoms in total. The summed E-state index contributed by atoms with van der Waals surface area (Å²) >= 11 is 4.98. The van der Waals surface area contributed by atoms with Gasteiger partial charge < -0.3 is 5.32 Å². The number of carbonyl (C=O) groups is 2. The van der Waals surface area contributed by atoms with Gasteiger partial charge in [-0.1, -0.05) is 23.3 Å². The van der Waals surface area contributed by atoms with Gasteiger partial charge in [0, 0.05) is 12.1 Å². The molecule has 0 spiro atoms. The number of carbonyl (C=O) groups excluding carboxylic acids is 2. The lowest BCUT2D eigenvalue weighted by Crippen LogP contribution is -2.21. The molecule has 2 aromatic rings. The molecule has 0 bridgehead atoms. The molecule has 0 radical (unpaired) electrons. The lowest BCUT2D eigenvalue weighted by atomic mass is 10.2. The first kappa shape index (κ1) is 13.1. The van der Waals surface area contributed by atoms with E-state index in [9.17, 15) is 9.59 Å². The van der Waals surface area contributed by atoms with E-state index in [0.29, 0.717) is 11.4 Å². The van der Waals surface area contributed by atoms with Crippen molar-refractivity contribution in [2.45, 2.75) is 13.3 Å². The summed E-state index contributed by atoms with van der Waals surface area (Å²) in [6.45, 7) is 1.63. The standard InChI is InChI=1S/C11H11N5O2S/c1-2-9(17)10(18)12-7-4-3-5-8(6-7)16-11(19)13-14-15-16/h3-6H,2H2,1H3,(H,12,18)(H,13,15,19). The summed E-state index contributed by atoms with van der Waals surface area (Å²) in [7, 11) is 0. The Hall–Kier alpha value is -2.35. The molecular weight excluding hydrogens is 266 g/mol.